The van der Waals surface area contributed by atoms with E-state index in [1.807, 2.05) is 13.8 Å². The number of hydrogen-bond donors (Lipinski definition) is 2. The smallest absolute Gasteiger partial charge is 0.0571 e. The first-order valence-corrected chi connectivity index (χ1v) is 6.19. The summed E-state index contributed by atoms with van der Waals surface area (Å²) in [6.45, 7) is 12.3. The van der Waals surface area contributed by atoms with Gasteiger partial charge in [-0.1, -0.05) is 34.6 Å². The van der Waals surface area contributed by atoms with E-state index in [0.717, 1.165) is 6.42 Å². The van der Waals surface area contributed by atoms with Crippen LogP contribution in [-0.4, -0.2) is 22.4 Å². The second kappa shape index (κ2) is 6.49. The number of hydrogen-bond acceptors (Lipinski definition) is 2. The Bertz CT molecular complexity index is 156. The van der Waals surface area contributed by atoms with Crippen molar-refractivity contribution in [1.29, 1.82) is 0 Å². The Labute approximate surface area is 94.7 Å². The van der Waals surface area contributed by atoms with E-state index in [4.69, 9.17) is 0 Å². The zero-order chi connectivity index (χ0) is 12.2. The molecule has 0 aromatic carbocycles. The largest absolute Gasteiger partial charge is 0.393 e. The Balaban J connectivity index is 4.84. The van der Waals surface area contributed by atoms with Crippen LogP contribution >= 0.6 is 0 Å². The summed E-state index contributed by atoms with van der Waals surface area (Å²) in [5.41, 5.74) is 0. The summed E-state index contributed by atoms with van der Waals surface area (Å²) in [6, 6.07) is 0. The third-order valence-corrected chi connectivity index (χ3v) is 3.40. The molecule has 0 fully saturated rings. The second-order valence-corrected chi connectivity index (χ2v) is 5.36. The molecule has 4 atom stereocenters. The molecule has 0 aromatic rings. The molecule has 0 bridgehead atoms. The molecule has 2 heteroatoms. The van der Waals surface area contributed by atoms with Crippen LogP contribution in [0.15, 0.2) is 0 Å². The van der Waals surface area contributed by atoms with Crippen LogP contribution in [0.3, 0.4) is 0 Å². The maximum atomic E-state index is 10.0. The third-order valence-electron chi connectivity index (χ3n) is 3.40. The van der Waals surface area contributed by atoms with Gasteiger partial charge in [-0.3, -0.25) is 0 Å². The molecule has 0 rings (SSSR count). The van der Waals surface area contributed by atoms with Crippen LogP contribution in [0.25, 0.3) is 0 Å². The minimum Gasteiger partial charge on any atom is -0.393 e. The van der Waals surface area contributed by atoms with Crippen molar-refractivity contribution in [2.45, 2.75) is 60.2 Å². The van der Waals surface area contributed by atoms with Crippen molar-refractivity contribution in [3.63, 3.8) is 0 Å². The van der Waals surface area contributed by atoms with Gasteiger partial charge in [0.15, 0.2) is 0 Å². The topological polar surface area (TPSA) is 40.5 Å². The van der Waals surface area contributed by atoms with Crippen molar-refractivity contribution in [2.75, 3.05) is 0 Å². The molecule has 0 saturated carbocycles. The average molecular weight is 216 g/mol. The van der Waals surface area contributed by atoms with Gasteiger partial charge in [0.05, 0.1) is 12.2 Å². The average Bonchev–Trinajstić information content (AvgIpc) is 2.10. The number of rotatable bonds is 6. The van der Waals surface area contributed by atoms with Crippen LogP contribution in [0, 0.1) is 23.7 Å². The van der Waals surface area contributed by atoms with E-state index in [2.05, 4.69) is 27.7 Å². The lowest BCUT2D eigenvalue weighted by Crippen LogP contribution is -2.40. The third kappa shape index (κ3) is 4.12. The summed E-state index contributed by atoms with van der Waals surface area (Å²) in [5, 5.41) is 19.9. The predicted molar refractivity (Wildman–Crippen MR) is 64.6 cm³/mol. The molecule has 0 spiro atoms. The second-order valence-electron chi connectivity index (χ2n) is 5.36. The fraction of sp³-hybridized carbons (Fsp3) is 1.00. The summed E-state index contributed by atoms with van der Waals surface area (Å²) < 4.78 is 0. The molecule has 0 amide bonds. The van der Waals surface area contributed by atoms with Gasteiger partial charge in [0.1, 0.15) is 0 Å². The predicted octanol–water partition coefficient (Wildman–Crippen LogP) is 2.68. The van der Waals surface area contributed by atoms with E-state index < -0.39 is 0 Å². The summed E-state index contributed by atoms with van der Waals surface area (Å²) in [6.07, 6.45) is 0.115. The lowest BCUT2D eigenvalue weighted by molar-refractivity contribution is -0.0286. The fourth-order valence-corrected chi connectivity index (χ4v) is 2.74. The van der Waals surface area contributed by atoms with Gasteiger partial charge in [-0.2, -0.15) is 0 Å². The lowest BCUT2D eigenvalue weighted by Gasteiger charge is -2.38. The van der Waals surface area contributed by atoms with Gasteiger partial charge in [-0.25, -0.2) is 0 Å². The monoisotopic (exact) mass is 216 g/mol. The maximum absolute atomic E-state index is 10.0. The van der Waals surface area contributed by atoms with Crippen LogP contribution in [0.4, 0.5) is 0 Å². The Hall–Kier alpha value is -0.0800. The number of aliphatic hydroxyl groups excluding tert-OH is 2. The normalized spacial score (nSPS) is 20.4. The highest BCUT2D eigenvalue weighted by molar-refractivity contribution is 4.83. The Morgan fingerprint density at radius 3 is 1.40 bits per heavy atom. The molecular weight excluding hydrogens is 188 g/mol. The van der Waals surface area contributed by atoms with Crippen LogP contribution < -0.4 is 0 Å². The molecule has 2 N–H and O–H groups in total. The highest BCUT2D eigenvalue weighted by Crippen LogP contribution is 2.33. The van der Waals surface area contributed by atoms with E-state index in [-0.39, 0.29) is 24.0 Å². The minimum atomic E-state index is -0.349. The van der Waals surface area contributed by atoms with Gasteiger partial charge >= 0.3 is 0 Å². The number of aliphatic hydroxyl groups is 2. The van der Waals surface area contributed by atoms with Crippen molar-refractivity contribution in [3.8, 4) is 0 Å². The highest BCUT2D eigenvalue weighted by Gasteiger charge is 2.34. The van der Waals surface area contributed by atoms with Crippen molar-refractivity contribution in [3.05, 3.63) is 0 Å². The highest BCUT2D eigenvalue weighted by atomic mass is 16.3. The minimum absolute atomic E-state index is 0.181. The Morgan fingerprint density at radius 2 is 1.20 bits per heavy atom. The molecule has 2 nitrogen and oxygen atoms in total. The van der Waals surface area contributed by atoms with Crippen molar-refractivity contribution in [2.24, 2.45) is 23.7 Å². The molecule has 4 unspecified atom stereocenters. The maximum Gasteiger partial charge on any atom is 0.0571 e. The lowest BCUT2D eigenvalue weighted by atomic mass is 9.71. The molecule has 15 heavy (non-hydrogen) atoms. The summed E-state index contributed by atoms with van der Waals surface area (Å²) in [7, 11) is 0. The summed E-state index contributed by atoms with van der Waals surface area (Å²) in [4.78, 5) is 0. The van der Waals surface area contributed by atoms with E-state index in [1.54, 1.807) is 0 Å². The molecule has 0 aliphatic heterocycles. The van der Waals surface area contributed by atoms with Crippen LogP contribution in [-0.2, 0) is 0 Å². The Morgan fingerprint density at radius 1 is 0.800 bits per heavy atom. The van der Waals surface area contributed by atoms with Gasteiger partial charge < -0.3 is 10.2 Å². The van der Waals surface area contributed by atoms with E-state index >= 15 is 0 Å². The first-order chi connectivity index (χ1) is 6.82. The van der Waals surface area contributed by atoms with Crippen molar-refractivity contribution >= 4 is 0 Å². The van der Waals surface area contributed by atoms with E-state index in [9.17, 15) is 10.2 Å². The van der Waals surface area contributed by atoms with Gasteiger partial charge in [0.2, 0.25) is 0 Å². The molecule has 0 radical (unpaired) electrons. The summed E-state index contributed by atoms with van der Waals surface area (Å²) in [5.74, 6) is 1.18. The van der Waals surface area contributed by atoms with Crippen LogP contribution in [0.1, 0.15) is 48.0 Å². The SMILES string of the molecule is CCC(O)C(C(C)C)C(C(C)C)C(C)O. The van der Waals surface area contributed by atoms with Crippen molar-refractivity contribution in [1.82, 2.24) is 0 Å². The summed E-state index contributed by atoms with van der Waals surface area (Å²) >= 11 is 0. The molecule has 0 aliphatic carbocycles. The molecule has 0 aromatic heterocycles. The molecule has 0 heterocycles. The first-order valence-electron chi connectivity index (χ1n) is 6.19. The fourth-order valence-electron chi connectivity index (χ4n) is 2.74. The van der Waals surface area contributed by atoms with Crippen LogP contribution in [0.2, 0.25) is 0 Å². The van der Waals surface area contributed by atoms with Gasteiger partial charge in [-0.15, -0.1) is 0 Å². The first kappa shape index (κ1) is 14.9. The standard InChI is InChI=1S/C13H28O2/c1-7-11(15)13(9(4)5)12(8(2)3)10(6)14/h8-15H,7H2,1-6H3. The van der Waals surface area contributed by atoms with Crippen molar-refractivity contribution < 1.29 is 10.2 Å². The molecule has 0 aliphatic rings. The molecular formula is C13H28O2. The zero-order valence-corrected chi connectivity index (χ0v) is 11.1. The van der Waals surface area contributed by atoms with Gasteiger partial charge in [0, 0.05) is 0 Å². The van der Waals surface area contributed by atoms with Gasteiger partial charge in [-0.05, 0) is 37.0 Å². The Kier molecular flexibility index (Phi) is 6.46. The quantitative estimate of drug-likeness (QED) is 0.716. The van der Waals surface area contributed by atoms with E-state index in [1.165, 1.54) is 0 Å². The molecule has 92 valence electrons. The van der Waals surface area contributed by atoms with Gasteiger partial charge in [0.25, 0.3) is 0 Å². The molecule has 0 saturated heterocycles. The van der Waals surface area contributed by atoms with Crippen LogP contribution in [0.5, 0.6) is 0 Å². The van der Waals surface area contributed by atoms with E-state index in [0.29, 0.717) is 11.8 Å². The zero-order valence-electron chi connectivity index (χ0n) is 11.1.